The number of para-hydroxylation sites is 1. The Hall–Kier alpha value is -2.79. The van der Waals surface area contributed by atoms with E-state index in [9.17, 15) is 4.79 Å². The zero-order valence-electron chi connectivity index (χ0n) is 15.9. The van der Waals surface area contributed by atoms with E-state index < -0.39 is 0 Å². The first-order chi connectivity index (χ1) is 13.5. The molecule has 28 heavy (non-hydrogen) atoms. The molecule has 4 rings (SSSR count). The van der Waals surface area contributed by atoms with Gasteiger partial charge in [-0.3, -0.25) is 4.79 Å². The van der Waals surface area contributed by atoms with Crippen LogP contribution < -0.4 is 10.1 Å². The number of benzene rings is 2. The maximum Gasteiger partial charge on any atom is 0.255 e. The number of halogens is 1. The lowest BCUT2D eigenvalue weighted by molar-refractivity contribution is 0.0923. The summed E-state index contributed by atoms with van der Waals surface area (Å²) in [4.78, 5) is 13.1. The van der Waals surface area contributed by atoms with Crippen LogP contribution in [0.2, 0.25) is 5.02 Å². The van der Waals surface area contributed by atoms with Crippen LogP contribution in [0.3, 0.4) is 0 Å². The predicted octanol–water partition coefficient (Wildman–Crippen LogP) is 4.90. The number of nitrogens with one attached hydrogen (secondary N) is 1. The van der Waals surface area contributed by atoms with Crippen molar-refractivity contribution in [1.29, 1.82) is 0 Å². The minimum atomic E-state index is -0.126. The maximum absolute atomic E-state index is 13.1. The SMILES string of the molecule is CC(C)c1c(C(=O)NC2CCOc3ccccc32)cnn1-c1cccc(Cl)c1. The Morgan fingerprint density at radius 2 is 2.07 bits per heavy atom. The molecule has 0 saturated heterocycles. The molecule has 1 amide bonds. The van der Waals surface area contributed by atoms with E-state index in [1.165, 1.54) is 0 Å². The van der Waals surface area contributed by atoms with Crippen LogP contribution >= 0.6 is 11.6 Å². The van der Waals surface area contributed by atoms with Crippen LogP contribution in [-0.4, -0.2) is 22.3 Å². The van der Waals surface area contributed by atoms with Gasteiger partial charge in [-0.05, 0) is 30.2 Å². The number of hydrogen-bond acceptors (Lipinski definition) is 3. The number of aromatic nitrogens is 2. The summed E-state index contributed by atoms with van der Waals surface area (Å²) in [6.45, 7) is 4.69. The fourth-order valence-electron chi connectivity index (χ4n) is 3.63. The molecule has 1 aliphatic rings. The van der Waals surface area contributed by atoms with Gasteiger partial charge in [0.15, 0.2) is 0 Å². The van der Waals surface area contributed by atoms with Crippen LogP contribution in [0.5, 0.6) is 5.75 Å². The molecule has 0 bridgehead atoms. The first kappa shape index (κ1) is 18.6. The highest BCUT2D eigenvalue weighted by Gasteiger charge is 2.26. The van der Waals surface area contributed by atoms with Gasteiger partial charge in [0.1, 0.15) is 5.75 Å². The minimum Gasteiger partial charge on any atom is -0.493 e. The first-order valence-corrected chi connectivity index (χ1v) is 9.79. The van der Waals surface area contributed by atoms with E-state index in [2.05, 4.69) is 24.3 Å². The second-order valence-corrected chi connectivity index (χ2v) is 7.63. The zero-order valence-corrected chi connectivity index (χ0v) is 16.6. The zero-order chi connectivity index (χ0) is 19.7. The highest BCUT2D eigenvalue weighted by Crippen LogP contribution is 2.32. The Morgan fingerprint density at radius 3 is 2.86 bits per heavy atom. The van der Waals surface area contributed by atoms with Gasteiger partial charge in [0.25, 0.3) is 5.91 Å². The Bertz CT molecular complexity index is 1010. The van der Waals surface area contributed by atoms with E-state index >= 15 is 0 Å². The number of nitrogens with zero attached hydrogens (tertiary/aromatic N) is 2. The summed E-state index contributed by atoms with van der Waals surface area (Å²) in [5.41, 5.74) is 3.29. The molecule has 0 aliphatic carbocycles. The molecular weight excluding hydrogens is 374 g/mol. The molecule has 1 aromatic heterocycles. The lowest BCUT2D eigenvalue weighted by Crippen LogP contribution is -2.32. The molecule has 6 heteroatoms. The van der Waals surface area contributed by atoms with Crippen molar-refractivity contribution in [2.24, 2.45) is 0 Å². The standard InChI is InChI=1S/C22H22ClN3O2/c1-14(2)21-18(13-24-26(21)16-7-5-6-15(23)12-16)22(27)25-19-10-11-28-20-9-4-3-8-17(19)20/h3-9,12-14,19H,10-11H2,1-2H3,(H,25,27). The molecule has 5 nitrogen and oxygen atoms in total. The Labute approximate surface area is 169 Å². The van der Waals surface area contributed by atoms with Gasteiger partial charge < -0.3 is 10.1 Å². The van der Waals surface area contributed by atoms with Crippen molar-refractivity contribution < 1.29 is 9.53 Å². The average Bonchev–Trinajstić information content (AvgIpc) is 3.14. The molecule has 1 N–H and O–H groups in total. The summed E-state index contributed by atoms with van der Waals surface area (Å²) in [7, 11) is 0. The van der Waals surface area contributed by atoms with E-state index in [1.807, 2.05) is 48.5 Å². The topological polar surface area (TPSA) is 56.1 Å². The molecule has 1 unspecified atom stereocenters. The second kappa shape index (κ2) is 7.68. The van der Waals surface area contributed by atoms with Crippen LogP contribution in [0, 0.1) is 0 Å². The van der Waals surface area contributed by atoms with Crippen molar-refractivity contribution in [2.75, 3.05) is 6.61 Å². The van der Waals surface area contributed by atoms with Crippen molar-refractivity contribution in [2.45, 2.75) is 32.2 Å². The first-order valence-electron chi connectivity index (χ1n) is 9.41. The summed E-state index contributed by atoms with van der Waals surface area (Å²) in [5, 5.41) is 8.28. The van der Waals surface area contributed by atoms with Crippen molar-refractivity contribution in [3.05, 3.63) is 76.6 Å². The monoisotopic (exact) mass is 395 g/mol. The number of amides is 1. The number of fused-ring (bicyclic) bond motifs is 1. The molecule has 1 aliphatic heterocycles. The molecule has 0 radical (unpaired) electrons. The summed E-state index contributed by atoms with van der Waals surface area (Å²) in [6.07, 6.45) is 2.37. The van der Waals surface area contributed by atoms with Crippen molar-refractivity contribution in [1.82, 2.24) is 15.1 Å². The van der Waals surface area contributed by atoms with Gasteiger partial charge in [0.2, 0.25) is 0 Å². The molecule has 0 saturated carbocycles. The van der Waals surface area contributed by atoms with E-state index in [0.29, 0.717) is 17.2 Å². The van der Waals surface area contributed by atoms with Gasteiger partial charge in [0, 0.05) is 17.0 Å². The van der Waals surface area contributed by atoms with Gasteiger partial charge in [-0.1, -0.05) is 49.7 Å². The Kier molecular flexibility index (Phi) is 5.09. The molecule has 1 atom stereocenters. The smallest absolute Gasteiger partial charge is 0.255 e. The summed E-state index contributed by atoms with van der Waals surface area (Å²) >= 11 is 6.14. The van der Waals surface area contributed by atoms with Gasteiger partial charge in [-0.2, -0.15) is 5.10 Å². The third-order valence-electron chi connectivity index (χ3n) is 4.91. The molecular formula is C22H22ClN3O2. The van der Waals surface area contributed by atoms with Crippen LogP contribution in [-0.2, 0) is 0 Å². The number of ether oxygens (including phenoxy) is 1. The minimum absolute atomic E-state index is 0.0769. The Morgan fingerprint density at radius 1 is 1.25 bits per heavy atom. The highest BCUT2D eigenvalue weighted by atomic mass is 35.5. The third kappa shape index (κ3) is 3.50. The van der Waals surface area contributed by atoms with E-state index in [0.717, 1.165) is 29.1 Å². The highest BCUT2D eigenvalue weighted by molar-refractivity contribution is 6.30. The van der Waals surface area contributed by atoms with Gasteiger partial charge >= 0.3 is 0 Å². The van der Waals surface area contributed by atoms with E-state index in [4.69, 9.17) is 16.3 Å². The van der Waals surface area contributed by atoms with Crippen molar-refractivity contribution >= 4 is 17.5 Å². The summed E-state index contributed by atoms with van der Waals surface area (Å²) < 4.78 is 7.49. The third-order valence-corrected chi connectivity index (χ3v) is 5.15. The summed E-state index contributed by atoms with van der Waals surface area (Å²) in [6, 6.07) is 15.2. The van der Waals surface area contributed by atoms with Crippen LogP contribution in [0.25, 0.3) is 5.69 Å². The Balaban J connectivity index is 1.66. The van der Waals surface area contributed by atoms with Crippen LogP contribution in [0.4, 0.5) is 0 Å². The quantitative estimate of drug-likeness (QED) is 0.683. The second-order valence-electron chi connectivity index (χ2n) is 7.19. The summed E-state index contributed by atoms with van der Waals surface area (Å²) in [5.74, 6) is 0.820. The fraction of sp³-hybridized carbons (Fsp3) is 0.273. The molecule has 2 heterocycles. The fourth-order valence-corrected chi connectivity index (χ4v) is 3.81. The largest absolute Gasteiger partial charge is 0.493 e. The predicted molar refractivity (Wildman–Crippen MR) is 109 cm³/mol. The number of carbonyl (C=O) groups is 1. The lowest BCUT2D eigenvalue weighted by atomic mass is 9.99. The van der Waals surface area contributed by atoms with E-state index in [1.54, 1.807) is 10.9 Å². The van der Waals surface area contributed by atoms with E-state index in [-0.39, 0.29) is 17.9 Å². The number of hydrogen-bond donors (Lipinski definition) is 1. The molecule has 0 fully saturated rings. The van der Waals surface area contributed by atoms with Crippen molar-refractivity contribution in [3.8, 4) is 11.4 Å². The number of rotatable bonds is 4. The molecule has 0 spiro atoms. The maximum atomic E-state index is 13.1. The van der Waals surface area contributed by atoms with Crippen LogP contribution in [0.1, 0.15) is 53.8 Å². The number of carbonyl (C=O) groups excluding carboxylic acids is 1. The van der Waals surface area contributed by atoms with Crippen LogP contribution in [0.15, 0.2) is 54.7 Å². The average molecular weight is 396 g/mol. The van der Waals surface area contributed by atoms with Crippen molar-refractivity contribution in [3.63, 3.8) is 0 Å². The molecule has 3 aromatic rings. The van der Waals surface area contributed by atoms with Gasteiger partial charge in [-0.15, -0.1) is 0 Å². The molecule has 144 valence electrons. The normalized spacial score (nSPS) is 15.8. The molecule has 2 aromatic carbocycles. The van der Waals surface area contributed by atoms with Gasteiger partial charge in [0.05, 0.1) is 35.8 Å². The van der Waals surface area contributed by atoms with Gasteiger partial charge in [-0.25, -0.2) is 4.68 Å². The lowest BCUT2D eigenvalue weighted by Gasteiger charge is -2.26.